The summed E-state index contributed by atoms with van der Waals surface area (Å²) in [6.45, 7) is 4.50. The van der Waals surface area contributed by atoms with Gasteiger partial charge in [-0.2, -0.15) is 0 Å². The van der Waals surface area contributed by atoms with E-state index < -0.39 is 0 Å². The van der Waals surface area contributed by atoms with Crippen molar-refractivity contribution in [1.82, 2.24) is 0 Å². The molecule has 3 nitrogen and oxygen atoms in total. The molecule has 0 aromatic heterocycles. The highest BCUT2D eigenvalue weighted by atomic mass is 35.5. The van der Waals surface area contributed by atoms with Gasteiger partial charge >= 0.3 is 0 Å². The van der Waals surface area contributed by atoms with E-state index in [0.29, 0.717) is 6.61 Å². The first-order valence-electron chi connectivity index (χ1n) is 6.73. The number of benzene rings is 2. The second kappa shape index (κ2) is 7.14. The number of anilines is 1. The molecule has 0 unspecified atom stereocenters. The molecule has 0 saturated heterocycles. The Labute approximate surface area is 129 Å². The first-order valence-corrected chi connectivity index (χ1v) is 7.27. The fraction of sp³-hybridized carbons (Fsp3) is 0.235. The number of hydrogen-bond acceptors (Lipinski definition) is 2. The Balaban J connectivity index is 1.99. The number of carbonyl (C=O) groups excluding carboxylic acids is 1. The van der Waals surface area contributed by atoms with Crippen LogP contribution in [-0.2, 0) is 11.4 Å². The monoisotopic (exact) mass is 303 g/mol. The molecule has 2 aromatic carbocycles. The van der Waals surface area contributed by atoms with Gasteiger partial charge in [-0.15, -0.1) is 11.6 Å². The molecule has 2 rings (SSSR count). The fourth-order valence-electron chi connectivity index (χ4n) is 1.90. The molecule has 0 aliphatic carbocycles. The number of halogens is 1. The first kappa shape index (κ1) is 15.4. The minimum Gasteiger partial charge on any atom is -0.489 e. The Bertz CT molecular complexity index is 623. The molecule has 2 aromatic rings. The van der Waals surface area contributed by atoms with Crippen LogP contribution in [0.2, 0.25) is 0 Å². The van der Waals surface area contributed by atoms with Crippen LogP contribution >= 0.6 is 11.6 Å². The molecule has 1 amide bonds. The van der Waals surface area contributed by atoms with Crippen molar-refractivity contribution in [3.8, 4) is 5.75 Å². The summed E-state index contributed by atoms with van der Waals surface area (Å²) in [5, 5.41) is 2.74. The van der Waals surface area contributed by atoms with E-state index in [-0.39, 0.29) is 11.8 Å². The summed E-state index contributed by atoms with van der Waals surface area (Å²) in [4.78, 5) is 11.3. The summed E-state index contributed by atoms with van der Waals surface area (Å²) in [7, 11) is 0. The molecule has 0 aliphatic heterocycles. The van der Waals surface area contributed by atoms with Crippen molar-refractivity contribution in [3.05, 3.63) is 59.2 Å². The molecule has 0 radical (unpaired) electrons. The maximum atomic E-state index is 11.3. The highest BCUT2D eigenvalue weighted by Crippen LogP contribution is 2.22. The van der Waals surface area contributed by atoms with Crippen LogP contribution in [0.3, 0.4) is 0 Å². The van der Waals surface area contributed by atoms with E-state index in [1.807, 2.05) is 25.1 Å². The molecule has 0 fully saturated rings. The normalized spacial score (nSPS) is 10.2. The average Bonchev–Trinajstić information content (AvgIpc) is 2.49. The minimum absolute atomic E-state index is 0.0505. The molecule has 0 heterocycles. The zero-order valence-electron chi connectivity index (χ0n) is 12.2. The number of carbonyl (C=O) groups is 1. The molecule has 21 heavy (non-hydrogen) atoms. The van der Waals surface area contributed by atoms with E-state index in [9.17, 15) is 4.79 Å². The standard InChI is InChI=1S/C17H18ClNO2/c1-12-3-5-14(6-4-12)11-21-15-7-8-16(13(2)9-15)19-17(20)10-18/h3-9H,10-11H2,1-2H3,(H,19,20). The van der Waals surface area contributed by atoms with Gasteiger partial charge in [0.15, 0.2) is 0 Å². The van der Waals surface area contributed by atoms with E-state index in [2.05, 4.69) is 36.5 Å². The van der Waals surface area contributed by atoms with E-state index in [4.69, 9.17) is 16.3 Å². The highest BCUT2D eigenvalue weighted by molar-refractivity contribution is 6.29. The molecular weight excluding hydrogens is 286 g/mol. The maximum Gasteiger partial charge on any atom is 0.239 e. The van der Waals surface area contributed by atoms with Crippen molar-refractivity contribution in [2.45, 2.75) is 20.5 Å². The van der Waals surface area contributed by atoms with Crippen LogP contribution in [-0.4, -0.2) is 11.8 Å². The fourth-order valence-corrected chi connectivity index (χ4v) is 1.97. The number of aryl methyl sites for hydroxylation is 2. The lowest BCUT2D eigenvalue weighted by molar-refractivity contribution is -0.113. The number of rotatable bonds is 5. The maximum absolute atomic E-state index is 11.3. The van der Waals surface area contributed by atoms with Gasteiger partial charge < -0.3 is 10.1 Å². The third-order valence-electron chi connectivity index (χ3n) is 3.12. The number of hydrogen-bond donors (Lipinski definition) is 1. The summed E-state index contributed by atoms with van der Waals surface area (Å²) < 4.78 is 5.76. The van der Waals surface area contributed by atoms with Gasteiger partial charge in [0.25, 0.3) is 0 Å². The summed E-state index contributed by atoms with van der Waals surface area (Å²) in [6, 6.07) is 13.8. The van der Waals surface area contributed by atoms with Crippen LogP contribution in [0.4, 0.5) is 5.69 Å². The van der Waals surface area contributed by atoms with Gasteiger partial charge in [0.2, 0.25) is 5.91 Å². The largest absolute Gasteiger partial charge is 0.489 e. The van der Waals surface area contributed by atoms with Crippen LogP contribution in [0.25, 0.3) is 0 Å². The lowest BCUT2D eigenvalue weighted by atomic mass is 10.1. The van der Waals surface area contributed by atoms with Gasteiger partial charge in [0.1, 0.15) is 18.2 Å². The average molecular weight is 304 g/mol. The van der Waals surface area contributed by atoms with Gasteiger partial charge in [-0.1, -0.05) is 29.8 Å². The third kappa shape index (κ3) is 4.50. The van der Waals surface area contributed by atoms with E-state index in [0.717, 1.165) is 22.6 Å². The summed E-state index contributed by atoms with van der Waals surface area (Å²) in [5.41, 5.74) is 4.05. The summed E-state index contributed by atoms with van der Waals surface area (Å²) in [6.07, 6.45) is 0. The molecule has 1 N–H and O–H groups in total. The minimum atomic E-state index is -0.215. The molecule has 0 atom stereocenters. The van der Waals surface area contributed by atoms with Crippen molar-refractivity contribution < 1.29 is 9.53 Å². The van der Waals surface area contributed by atoms with Gasteiger partial charge in [0.05, 0.1) is 0 Å². The SMILES string of the molecule is Cc1ccc(COc2ccc(NC(=O)CCl)c(C)c2)cc1. The first-order chi connectivity index (χ1) is 10.1. The van der Waals surface area contributed by atoms with Gasteiger partial charge in [-0.3, -0.25) is 4.79 Å². The zero-order valence-corrected chi connectivity index (χ0v) is 12.9. The lowest BCUT2D eigenvalue weighted by Gasteiger charge is -2.11. The predicted octanol–water partition coefficient (Wildman–Crippen LogP) is 4.06. The van der Waals surface area contributed by atoms with Crippen LogP contribution in [0.1, 0.15) is 16.7 Å². The van der Waals surface area contributed by atoms with Crippen LogP contribution in [0.5, 0.6) is 5.75 Å². The van der Waals surface area contributed by atoms with Crippen LogP contribution < -0.4 is 10.1 Å². The molecular formula is C17H18ClNO2. The Hall–Kier alpha value is -2.00. The number of alkyl halides is 1. The van der Waals surface area contributed by atoms with E-state index in [1.54, 1.807) is 0 Å². The van der Waals surface area contributed by atoms with Crippen molar-refractivity contribution in [3.63, 3.8) is 0 Å². The molecule has 0 saturated carbocycles. The zero-order chi connectivity index (χ0) is 15.2. The quantitative estimate of drug-likeness (QED) is 0.846. The number of nitrogens with one attached hydrogen (secondary N) is 1. The van der Waals surface area contributed by atoms with Crippen molar-refractivity contribution in [2.24, 2.45) is 0 Å². The predicted molar refractivity (Wildman–Crippen MR) is 86.0 cm³/mol. The van der Waals surface area contributed by atoms with Gasteiger partial charge in [-0.05, 0) is 43.2 Å². The lowest BCUT2D eigenvalue weighted by Crippen LogP contribution is -2.13. The summed E-state index contributed by atoms with van der Waals surface area (Å²) in [5.74, 6) is 0.510. The third-order valence-corrected chi connectivity index (χ3v) is 3.36. The highest BCUT2D eigenvalue weighted by Gasteiger charge is 2.05. The molecule has 0 bridgehead atoms. The Morgan fingerprint density at radius 1 is 1.14 bits per heavy atom. The molecule has 0 spiro atoms. The topological polar surface area (TPSA) is 38.3 Å². The van der Waals surface area contributed by atoms with E-state index in [1.165, 1.54) is 5.56 Å². The van der Waals surface area contributed by atoms with E-state index >= 15 is 0 Å². The Morgan fingerprint density at radius 2 is 1.86 bits per heavy atom. The number of ether oxygens (including phenoxy) is 1. The van der Waals surface area contributed by atoms with Crippen molar-refractivity contribution in [2.75, 3.05) is 11.2 Å². The molecule has 4 heteroatoms. The van der Waals surface area contributed by atoms with Gasteiger partial charge in [0, 0.05) is 5.69 Å². The summed E-state index contributed by atoms with van der Waals surface area (Å²) >= 11 is 5.48. The molecule has 0 aliphatic rings. The van der Waals surface area contributed by atoms with Gasteiger partial charge in [-0.25, -0.2) is 0 Å². The second-order valence-electron chi connectivity index (χ2n) is 4.93. The Morgan fingerprint density at radius 3 is 2.48 bits per heavy atom. The second-order valence-corrected chi connectivity index (χ2v) is 5.20. The van der Waals surface area contributed by atoms with Crippen molar-refractivity contribution in [1.29, 1.82) is 0 Å². The van der Waals surface area contributed by atoms with Crippen molar-refractivity contribution >= 4 is 23.2 Å². The number of amides is 1. The Kier molecular flexibility index (Phi) is 5.23. The molecule has 110 valence electrons. The van der Waals surface area contributed by atoms with Crippen LogP contribution in [0.15, 0.2) is 42.5 Å². The van der Waals surface area contributed by atoms with Crippen LogP contribution in [0, 0.1) is 13.8 Å². The smallest absolute Gasteiger partial charge is 0.239 e.